The largest absolute Gasteiger partial charge is 0.486 e. The van der Waals surface area contributed by atoms with E-state index < -0.39 is 5.97 Å². The Bertz CT molecular complexity index is 1120. The molecule has 0 aliphatic carbocycles. The molecule has 1 unspecified atom stereocenters. The number of nitrogens with one attached hydrogen (secondary N) is 1. The third-order valence-corrected chi connectivity index (χ3v) is 5.68. The molecule has 2 N–H and O–H groups in total. The summed E-state index contributed by atoms with van der Waals surface area (Å²) < 4.78 is 11.9. The Morgan fingerprint density at radius 2 is 2.00 bits per heavy atom. The lowest BCUT2D eigenvalue weighted by Crippen LogP contribution is -2.41. The smallest absolute Gasteiger partial charge is 0.304 e. The predicted molar refractivity (Wildman–Crippen MR) is 118 cm³/mol. The Hall–Kier alpha value is -3.30. The van der Waals surface area contributed by atoms with Crippen molar-refractivity contribution in [1.82, 2.24) is 10.2 Å². The number of nitrogens with zero attached hydrogens (tertiary/aromatic N) is 1. The van der Waals surface area contributed by atoms with E-state index in [1.807, 2.05) is 36.5 Å². The standard InChI is InChI=1S/C25H26N2O4/c1-3-4-18(12-24(28)29)17-7-9-21(10-8-17)31-23(13-25(2)15-30-16-25)19-5-6-20-14-26-27-22(20)11-19/h5-11,14,18,23H,12-13,15-16H2,1-2H3,(H,26,27)(H,28,29)/t18?,23-/m0/s1. The molecule has 3 aromatic rings. The molecule has 4 rings (SSSR count). The highest BCUT2D eigenvalue weighted by molar-refractivity contribution is 5.78. The molecule has 2 heterocycles. The van der Waals surface area contributed by atoms with Crippen LogP contribution in [-0.2, 0) is 9.53 Å². The number of carboxylic acid groups (broad SMARTS) is 1. The summed E-state index contributed by atoms with van der Waals surface area (Å²) in [7, 11) is 0. The van der Waals surface area contributed by atoms with Crippen molar-refractivity contribution in [2.24, 2.45) is 5.41 Å². The van der Waals surface area contributed by atoms with E-state index in [0.29, 0.717) is 0 Å². The molecule has 6 nitrogen and oxygen atoms in total. The zero-order valence-corrected chi connectivity index (χ0v) is 17.7. The van der Waals surface area contributed by atoms with Crippen molar-refractivity contribution in [2.75, 3.05) is 13.2 Å². The minimum Gasteiger partial charge on any atom is -0.486 e. The first-order chi connectivity index (χ1) is 15.0. The Morgan fingerprint density at radius 1 is 1.26 bits per heavy atom. The SMILES string of the molecule is CC#CC(CC(=O)O)c1ccc(O[C@@H](CC2(C)COC2)c2ccc3cn[nH]c3c2)cc1. The number of hydrogen-bond donors (Lipinski definition) is 2. The number of H-pyrrole nitrogens is 1. The number of fused-ring (bicyclic) bond motifs is 1. The average Bonchev–Trinajstić information content (AvgIpc) is 3.20. The molecule has 2 atom stereocenters. The normalized spacial score (nSPS) is 16.6. The number of aromatic nitrogens is 2. The molecule has 31 heavy (non-hydrogen) atoms. The van der Waals surface area contributed by atoms with Gasteiger partial charge in [-0.3, -0.25) is 9.89 Å². The number of carboxylic acids is 1. The molecule has 0 radical (unpaired) electrons. The molecule has 1 fully saturated rings. The summed E-state index contributed by atoms with van der Waals surface area (Å²) in [6.45, 7) is 5.39. The number of aromatic amines is 1. The van der Waals surface area contributed by atoms with Crippen molar-refractivity contribution in [3.05, 3.63) is 59.8 Å². The van der Waals surface area contributed by atoms with Crippen LogP contribution in [0.4, 0.5) is 0 Å². The molecule has 1 aromatic heterocycles. The maximum atomic E-state index is 11.2. The predicted octanol–water partition coefficient (Wildman–Crippen LogP) is 4.69. The first-order valence-electron chi connectivity index (χ1n) is 10.4. The van der Waals surface area contributed by atoms with E-state index in [1.54, 1.807) is 6.92 Å². The van der Waals surface area contributed by atoms with Gasteiger partial charge in [0.25, 0.3) is 0 Å². The third kappa shape index (κ3) is 4.89. The summed E-state index contributed by atoms with van der Waals surface area (Å²) >= 11 is 0. The van der Waals surface area contributed by atoms with Gasteiger partial charge in [-0.15, -0.1) is 5.92 Å². The van der Waals surface area contributed by atoms with Crippen molar-refractivity contribution in [3.63, 3.8) is 0 Å². The maximum absolute atomic E-state index is 11.2. The van der Waals surface area contributed by atoms with E-state index in [1.165, 1.54) is 0 Å². The van der Waals surface area contributed by atoms with Crippen LogP contribution < -0.4 is 4.74 Å². The van der Waals surface area contributed by atoms with Crippen molar-refractivity contribution in [3.8, 4) is 17.6 Å². The van der Waals surface area contributed by atoms with Crippen LogP contribution in [0.3, 0.4) is 0 Å². The number of ether oxygens (including phenoxy) is 2. The molecule has 1 saturated heterocycles. The fourth-order valence-corrected chi connectivity index (χ4v) is 3.94. The Labute approximate surface area is 181 Å². The number of rotatable bonds is 8. The van der Waals surface area contributed by atoms with Crippen molar-refractivity contribution >= 4 is 16.9 Å². The van der Waals surface area contributed by atoms with Gasteiger partial charge in [0.1, 0.15) is 11.9 Å². The fraction of sp³-hybridized carbons (Fsp3) is 0.360. The number of aliphatic carboxylic acids is 1. The third-order valence-electron chi connectivity index (χ3n) is 5.68. The van der Waals surface area contributed by atoms with Crippen molar-refractivity contribution < 1.29 is 19.4 Å². The minimum absolute atomic E-state index is 0.0216. The topological polar surface area (TPSA) is 84.4 Å². The quantitative estimate of drug-likeness (QED) is 0.519. The van der Waals surface area contributed by atoms with E-state index >= 15 is 0 Å². The second-order valence-electron chi connectivity index (χ2n) is 8.44. The van der Waals surface area contributed by atoms with Gasteiger partial charge < -0.3 is 14.6 Å². The van der Waals surface area contributed by atoms with Gasteiger partial charge in [0.2, 0.25) is 0 Å². The summed E-state index contributed by atoms with van der Waals surface area (Å²) in [5.74, 6) is 5.35. The molecule has 160 valence electrons. The van der Waals surface area contributed by atoms with Crippen LogP contribution in [0.15, 0.2) is 48.7 Å². The number of hydrogen-bond acceptors (Lipinski definition) is 4. The highest BCUT2D eigenvalue weighted by atomic mass is 16.5. The molecule has 0 saturated carbocycles. The van der Waals surface area contributed by atoms with Gasteiger partial charge in [-0.25, -0.2) is 0 Å². The number of carbonyl (C=O) groups is 1. The van der Waals surface area contributed by atoms with Crippen LogP contribution in [0.2, 0.25) is 0 Å². The monoisotopic (exact) mass is 418 g/mol. The van der Waals surface area contributed by atoms with E-state index in [4.69, 9.17) is 14.6 Å². The van der Waals surface area contributed by atoms with Crippen LogP contribution in [0.25, 0.3) is 10.9 Å². The number of benzene rings is 2. The zero-order valence-electron chi connectivity index (χ0n) is 17.7. The summed E-state index contributed by atoms with van der Waals surface area (Å²) in [6.07, 6.45) is 2.48. The van der Waals surface area contributed by atoms with Gasteiger partial charge in [-0.2, -0.15) is 5.10 Å². The lowest BCUT2D eigenvalue weighted by atomic mass is 9.81. The molecule has 6 heteroatoms. The lowest BCUT2D eigenvalue weighted by molar-refractivity contribution is -0.137. The van der Waals surface area contributed by atoms with Crippen LogP contribution in [0.1, 0.15) is 49.8 Å². The Morgan fingerprint density at radius 3 is 2.65 bits per heavy atom. The van der Waals surface area contributed by atoms with Crippen LogP contribution in [-0.4, -0.2) is 34.5 Å². The molecule has 1 aliphatic rings. The molecule has 1 aliphatic heterocycles. The second kappa shape index (κ2) is 8.83. The lowest BCUT2D eigenvalue weighted by Gasteiger charge is -2.40. The van der Waals surface area contributed by atoms with Gasteiger partial charge >= 0.3 is 5.97 Å². The molecule has 2 aromatic carbocycles. The Balaban J connectivity index is 1.57. The van der Waals surface area contributed by atoms with Crippen LogP contribution >= 0.6 is 0 Å². The molecule has 0 bridgehead atoms. The minimum atomic E-state index is -0.863. The maximum Gasteiger partial charge on any atom is 0.304 e. The Kier molecular flexibility index (Phi) is 5.97. The van der Waals surface area contributed by atoms with Gasteiger partial charge in [0, 0.05) is 10.8 Å². The first kappa shape index (κ1) is 21.0. The van der Waals surface area contributed by atoms with Gasteiger partial charge in [0.05, 0.1) is 37.3 Å². The molecular weight excluding hydrogens is 392 g/mol. The van der Waals surface area contributed by atoms with E-state index in [2.05, 4.69) is 41.1 Å². The summed E-state index contributed by atoms with van der Waals surface area (Å²) in [6, 6.07) is 13.8. The summed E-state index contributed by atoms with van der Waals surface area (Å²) in [5, 5.41) is 17.4. The highest BCUT2D eigenvalue weighted by Crippen LogP contribution is 2.39. The van der Waals surface area contributed by atoms with Crippen LogP contribution in [0, 0.1) is 17.3 Å². The van der Waals surface area contributed by atoms with E-state index in [0.717, 1.165) is 47.4 Å². The second-order valence-corrected chi connectivity index (χ2v) is 8.44. The van der Waals surface area contributed by atoms with Gasteiger partial charge in [-0.05, 0) is 42.7 Å². The average molecular weight is 418 g/mol. The molecule has 0 amide bonds. The van der Waals surface area contributed by atoms with E-state index in [-0.39, 0.29) is 23.9 Å². The zero-order chi connectivity index (χ0) is 21.8. The van der Waals surface area contributed by atoms with E-state index in [9.17, 15) is 4.79 Å². The van der Waals surface area contributed by atoms with Crippen molar-refractivity contribution in [2.45, 2.75) is 38.7 Å². The van der Waals surface area contributed by atoms with Crippen molar-refractivity contribution in [1.29, 1.82) is 0 Å². The molecular formula is C25H26N2O4. The molecule has 0 spiro atoms. The van der Waals surface area contributed by atoms with Gasteiger partial charge in [0.15, 0.2) is 0 Å². The van der Waals surface area contributed by atoms with Gasteiger partial charge in [-0.1, -0.05) is 37.1 Å². The summed E-state index contributed by atoms with van der Waals surface area (Å²) in [4.78, 5) is 11.2. The summed E-state index contributed by atoms with van der Waals surface area (Å²) in [5.41, 5.74) is 3.01. The highest BCUT2D eigenvalue weighted by Gasteiger charge is 2.37. The first-order valence-corrected chi connectivity index (χ1v) is 10.4. The fourth-order valence-electron chi connectivity index (χ4n) is 3.94. The van der Waals surface area contributed by atoms with Crippen LogP contribution in [0.5, 0.6) is 5.75 Å².